The molecule has 2 heterocycles. The number of halogens is 3. The number of nitrogens with zero attached hydrogens (tertiary/aromatic N) is 4. The van der Waals surface area contributed by atoms with Gasteiger partial charge in [0.05, 0.1) is 0 Å². The number of nitrogens with one attached hydrogen (secondary N) is 1. The van der Waals surface area contributed by atoms with Crippen LogP contribution < -0.4 is 60.9 Å². The molecule has 0 atom stereocenters. The number of aromatic amines is 1. The molecular formula is C20H38Cl3CuN5O12. The summed E-state index contributed by atoms with van der Waals surface area (Å²) in [5, 5.41) is 0. The topological polar surface area (TPSA) is 304 Å². The Kier molecular flexibility index (Phi) is 26.8. The van der Waals surface area contributed by atoms with Crippen molar-refractivity contribution in [3.63, 3.8) is 0 Å². The largest absolute Gasteiger partial charge is 2.00 e. The molecule has 0 aromatic carbocycles. The minimum atomic E-state index is -4.94. The Labute approximate surface area is 257 Å². The predicted octanol–water partition coefficient (Wildman–Crippen LogP) is -13.3. The average Bonchev–Trinajstić information content (AvgIpc) is 2.76. The molecule has 1 N–H and O–H groups in total. The molecule has 1 saturated heterocycles. The van der Waals surface area contributed by atoms with E-state index in [0.29, 0.717) is 0 Å². The summed E-state index contributed by atoms with van der Waals surface area (Å²) >= 11 is 0. The Bertz CT molecular complexity index is 690. The van der Waals surface area contributed by atoms with E-state index in [-0.39, 0.29) is 17.1 Å². The molecule has 2 rings (SSSR count). The number of H-pyrrole nitrogens is 1. The van der Waals surface area contributed by atoms with Crippen molar-refractivity contribution in [1.82, 2.24) is 19.6 Å². The molecule has 247 valence electrons. The summed E-state index contributed by atoms with van der Waals surface area (Å²) in [4.78, 5) is 13.5. The van der Waals surface area contributed by atoms with Crippen LogP contribution in [0.2, 0.25) is 0 Å². The van der Waals surface area contributed by atoms with Crippen molar-refractivity contribution in [2.24, 2.45) is 0 Å². The normalized spacial score (nSPS) is 17.7. The van der Waals surface area contributed by atoms with E-state index in [2.05, 4.69) is 57.9 Å². The summed E-state index contributed by atoms with van der Waals surface area (Å²) < 4.78 is 102. The Morgan fingerprint density at radius 3 is 1.32 bits per heavy atom. The molecule has 17 nitrogen and oxygen atoms in total. The van der Waals surface area contributed by atoms with Gasteiger partial charge in [0.2, 0.25) is 0 Å². The summed E-state index contributed by atoms with van der Waals surface area (Å²) in [6.07, 6.45) is 5.64. The first-order valence-corrected chi connectivity index (χ1v) is 15.4. The van der Waals surface area contributed by atoms with Crippen molar-refractivity contribution in [1.29, 1.82) is 0 Å². The van der Waals surface area contributed by atoms with Crippen LogP contribution in [0.4, 0.5) is 0 Å². The minimum absolute atomic E-state index is 0. The Morgan fingerprint density at radius 1 is 0.585 bits per heavy atom. The Hall–Kier alpha value is -0.101. The van der Waals surface area contributed by atoms with Gasteiger partial charge in [0.15, 0.2) is 11.9 Å². The van der Waals surface area contributed by atoms with Crippen molar-refractivity contribution in [3.8, 4) is 0 Å². The number of rotatable bonds is 3. The molecular weight excluding hydrogens is 672 g/mol. The second kappa shape index (κ2) is 24.2. The zero-order valence-corrected chi connectivity index (χ0v) is 26.1. The molecule has 1 aliphatic heterocycles. The van der Waals surface area contributed by atoms with E-state index in [4.69, 9.17) is 55.9 Å². The van der Waals surface area contributed by atoms with Gasteiger partial charge in [-0.25, -0.2) is 60.9 Å². The molecule has 1 aliphatic rings. The molecule has 0 spiro atoms. The van der Waals surface area contributed by atoms with E-state index in [0.717, 1.165) is 19.5 Å². The number of hydrogen-bond donors (Lipinski definition) is 0. The second-order valence-corrected chi connectivity index (χ2v) is 11.0. The smallest absolute Gasteiger partial charge is 0.305 e. The second-order valence-electron chi connectivity index (χ2n) is 8.73. The van der Waals surface area contributed by atoms with Crippen LogP contribution in [0.25, 0.3) is 0 Å². The van der Waals surface area contributed by atoms with Crippen molar-refractivity contribution in [2.45, 2.75) is 19.3 Å². The molecule has 0 saturated carbocycles. The van der Waals surface area contributed by atoms with Gasteiger partial charge < -0.3 is 19.6 Å². The molecule has 0 unspecified atom stereocenters. The first-order valence-electron chi connectivity index (χ1n) is 11.7. The van der Waals surface area contributed by atoms with Gasteiger partial charge in [-0.05, 0) is 60.2 Å². The summed E-state index contributed by atoms with van der Waals surface area (Å²) in [6, 6.07) is 6.36. The molecule has 0 bridgehead atoms. The van der Waals surface area contributed by atoms with Gasteiger partial charge in [0, 0.05) is 51.3 Å². The van der Waals surface area contributed by atoms with Crippen LogP contribution in [0.5, 0.6) is 0 Å². The number of pyridine rings is 1. The fourth-order valence-electron chi connectivity index (χ4n) is 3.36. The maximum atomic E-state index is 8.49. The van der Waals surface area contributed by atoms with Gasteiger partial charge >= 0.3 is 17.1 Å². The average molecular weight is 710 g/mol. The van der Waals surface area contributed by atoms with E-state index in [1.54, 1.807) is 0 Å². The SMILES string of the molecule is CN1CCCN(C)CCN(CCc2cccc[nH+]2)CCCN(C)CC1.[Cu+2].[O-][Cl+3]([O-])([O-])[O-].[O-][Cl+3]([O-])([O-])[O-].[O-][Cl+3]([O-])([O-])[O-]. The van der Waals surface area contributed by atoms with Crippen LogP contribution in [0.3, 0.4) is 0 Å². The van der Waals surface area contributed by atoms with Crippen LogP contribution in [0, 0.1) is 30.7 Å². The zero-order chi connectivity index (χ0) is 31.4. The third-order valence-electron chi connectivity index (χ3n) is 5.23. The molecule has 0 aliphatic carbocycles. The Balaban J connectivity index is -0.000000744. The molecule has 1 fully saturated rings. The van der Waals surface area contributed by atoms with E-state index in [9.17, 15) is 0 Å². The third-order valence-corrected chi connectivity index (χ3v) is 5.23. The maximum Gasteiger partial charge on any atom is 2.00 e. The van der Waals surface area contributed by atoms with Crippen LogP contribution in [0.15, 0.2) is 24.4 Å². The van der Waals surface area contributed by atoms with Crippen LogP contribution in [0.1, 0.15) is 18.5 Å². The van der Waals surface area contributed by atoms with E-state index in [1.165, 1.54) is 64.3 Å². The zero-order valence-electron chi connectivity index (χ0n) is 22.9. The fourth-order valence-corrected chi connectivity index (χ4v) is 3.36. The first-order chi connectivity index (χ1) is 18.1. The number of hydrogen-bond acceptors (Lipinski definition) is 16. The monoisotopic (exact) mass is 708 g/mol. The molecule has 1 aromatic rings. The Morgan fingerprint density at radius 2 is 0.951 bits per heavy atom. The summed E-state index contributed by atoms with van der Waals surface area (Å²) in [5.41, 5.74) is 1.33. The molecule has 0 amide bonds. The number of likely N-dealkylation sites (N-methyl/N-ethyl adjacent to an activating group) is 3. The van der Waals surface area contributed by atoms with E-state index >= 15 is 0 Å². The van der Waals surface area contributed by atoms with Gasteiger partial charge in [-0.15, -0.1) is 30.7 Å². The third kappa shape index (κ3) is 47.1. The number of aromatic nitrogens is 1. The minimum Gasteiger partial charge on any atom is -0.305 e. The van der Waals surface area contributed by atoms with Gasteiger partial charge in [-0.3, -0.25) is 0 Å². The first kappa shape index (κ1) is 45.3. The van der Waals surface area contributed by atoms with Crippen molar-refractivity contribution >= 4 is 0 Å². The quantitative estimate of drug-likeness (QED) is 0.263. The van der Waals surface area contributed by atoms with Crippen LogP contribution >= 0.6 is 0 Å². The molecule has 21 heteroatoms. The van der Waals surface area contributed by atoms with Gasteiger partial charge in [-0.2, -0.15) is 0 Å². The predicted molar refractivity (Wildman–Crippen MR) is 105 cm³/mol. The van der Waals surface area contributed by atoms with Gasteiger partial charge in [0.25, 0.3) is 0 Å². The van der Waals surface area contributed by atoms with Crippen LogP contribution in [-0.4, -0.2) is 99.6 Å². The van der Waals surface area contributed by atoms with E-state index < -0.39 is 30.7 Å². The van der Waals surface area contributed by atoms with E-state index in [1.807, 2.05) is 12.3 Å². The summed E-state index contributed by atoms with van der Waals surface area (Å²) in [7, 11) is -8.05. The summed E-state index contributed by atoms with van der Waals surface area (Å²) in [6.45, 7) is 10.6. The van der Waals surface area contributed by atoms with Crippen LogP contribution in [-0.2, 0) is 23.5 Å². The van der Waals surface area contributed by atoms with Crippen molar-refractivity contribution in [3.05, 3.63) is 30.1 Å². The molecule has 41 heavy (non-hydrogen) atoms. The fraction of sp³-hybridized carbons (Fsp3) is 0.750. The molecule has 1 radical (unpaired) electrons. The van der Waals surface area contributed by atoms with Crippen molar-refractivity contribution < 1.29 is 109 Å². The van der Waals surface area contributed by atoms with Gasteiger partial charge in [0.1, 0.15) is 0 Å². The van der Waals surface area contributed by atoms with Crippen molar-refractivity contribution in [2.75, 3.05) is 80.0 Å². The maximum absolute atomic E-state index is 8.49. The van der Waals surface area contributed by atoms with Gasteiger partial charge in [-0.1, -0.05) is 6.07 Å². The molecule has 1 aromatic heterocycles. The summed E-state index contributed by atoms with van der Waals surface area (Å²) in [5.74, 6) is 0. The standard InChI is InChI=1S/C20H37N5.3ClHO4.Cu/c1-22-11-6-12-24(3)18-19-25(14-7-13-23(2)17-16-22)15-9-20-8-4-5-10-21-20;3*2-1(3,4)5;/h4-5,8,10H,6-7,9,11-19H2,1-3H3;3*(H,2,3,4,5);/q;;;;+2/p-2.